The Bertz CT molecular complexity index is 1610. The fourth-order valence-corrected chi connectivity index (χ4v) is 5.44. The molecule has 1 aliphatic rings. The minimum Gasteiger partial charge on any atom is -0.457 e. The Labute approximate surface area is 234 Å². The van der Waals surface area contributed by atoms with Crippen molar-refractivity contribution in [2.24, 2.45) is 0 Å². The van der Waals surface area contributed by atoms with Crippen LogP contribution in [0.15, 0.2) is 109 Å². The number of aryl methyl sites for hydroxylation is 3. The molecule has 0 unspecified atom stereocenters. The maximum atomic E-state index is 6.08. The summed E-state index contributed by atoms with van der Waals surface area (Å²) in [5, 5.41) is 4.23. The minimum atomic E-state index is -0.123. The SMILES string of the molecule is Cc1ccc(Oc2ccc(N3C(=S)N[C@H](c4ccccn4)[C@@H]3c3cccn3-c3ccc(C)c(C)c3)cc2)cc1. The number of hydrogen-bond acceptors (Lipinski definition) is 3. The van der Waals surface area contributed by atoms with Crippen molar-refractivity contribution in [3.8, 4) is 17.2 Å². The first kappa shape index (κ1) is 24.9. The van der Waals surface area contributed by atoms with Gasteiger partial charge in [0.2, 0.25) is 0 Å². The third kappa shape index (κ3) is 4.91. The number of hydrogen-bond donors (Lipinski definition) is 1. The summed E-state index contributed by atoms with van der Waals surface area (Å²) < 4.78 is 8.34. The molecule has 0 spiro atoms. The Kier molecular flexibility index (Phi) is 6.63. The van der Waals surface area contributed by atoms with Gasteiger partial charge in [0.15, 0.2) is 5.11 Å². The summed E-state index contributed by atoms with van der Waals surface area (Å²) in [7, 11) is 0. The van der Waals surface area contributed by atoms with Crippen LogP contribution in [-0.4, -0.2) is 14.7 Å². The van der Waals surface area contributed by atoms with E-state index in [1.165, 1.54) is 16.7 Å². The van der Waals surface area contributed by atoms with E-state index < -0.39 is 0 Å². The topological polar surface area (TPSA) is 42.3 Å². The third-order valence-corrected chi connectivity index (χ3v) is 7.64. The lowest BCUT2D eigenvalue weighted by atomic mass is 10.0. The highest BCUT2D eigenvalue weighted by atomic mass is 32.1. The fourth-order valence-electron chi connectivity index (χ4n) is 5.10. The van der Waals surface area contributed by atoms with Crippen LogP contribution in [0.4, 0.5) is 5.69 Å². The zero-order valence-electron chi connectivity index (χ0n) is 22.2. The molecule has 6 heteroatoms. The molecule has 3 aromatic carbocycles. The van der Waals surface area contributed by atoms with Gasteiger partial charge >= 0.3 is 0 Å². The first-order chi connectivity index (χ1) is 19.0. The smallest absolute Gasteiger partial charge is 0.174 e. The molecule has 1 saturated heterocycles. The molecule has 0 amide bonds. The zero-order chi connectivity index (χ0) is 26.9. The van der Waals surface area contributed by atoms with Crippen molar-refractivity contribution in [1.29, 1.82) is 0 Å². The number of pyridine rings is 1. The van der Waals surface area contributed by atoms with Crippen molar-refractivity contribution in [2.45, 2.75) is 32.9 Å². The highest BCUT2D eigenvalue weighted by Crippen LogP contribution is 2.42. The van der Waals surface area contributed by atoms with Gasteiger partial charge in [0.25, 0.3) is 0 Å². The summed E-state index contributed by atoms with van der Waals surface area (Å²) in [6, 6.07) is 32.8. The number of benzene rings is 3. The van der Waals surface area contributed by atoms with Crippen molar-refractivity contribution in [3.63, 3.8) is 0 Å². The maximum absolute atomic E-state index is 6.08. The lowest BCUT2D eigenvalue weighted by Gasteiger charge is -2.29. The molecule has 39 heavy (non-hydrogen) atoms. The van der Waals surface area contributed by atoms with Crippen molar-refractivity contribution < 1.29 is 4.74 Å². The summed E-state index contributed by atoms with van der Waals surface area (Å²) in [6.45, 7) is 6.36. The molecule has 5 aromatic rings. The van der Waals surface area contributed by atoms with Gasteiger partial charge in [-0.2, -0.15) is 0 Å². The normalized spacial score (nSPS) is 16.8. The van der Waals surface area contributed by atoms with E-state index in [0.29, 0.717) is 5.11 Å². The second kappa shape index (κ2) is 10.4. The number of ether oxygens (including phenoxy) is 1. The number of rotatable bonds is 6. The van der Waals surface area contributed by atoms with Crippen LogP contribution in [0.25, 0.3) is 5.69 Å². The monoisotopic (exact) mass is 530 g/mol. The molecule has 5 nitrogen and oxygen atoms in total. The lowest BCUT2D eigenvalue weighted by molar-refractivity contribution is 0.482. The number of nitrogens with one attached hydrogen (secondary N) is 1. The molecular weight excluding hydrogens is 500 g/mol. The minimum absolute atomic E-state index is 0.118. The van der Waals surface area contributed by atoms with Gasteiger partial charge < -0.3 is 19.5 Å². The van der Waals surface area contributed by atoms with E-state index >= 15 is 0 Å². The summed E-state index contributed by atoms with van der Waals surface area (Å²) >= 11 is 5.94. The molecule has 0 saturated carbocycles. The summed E-state index contributed by atoms with van der Waals surface area (Å²) in [5.41, 5.74) is 7.91. The average Bonchev–Trinajstić information content (AvgIpc) is 3.57. The van der Waals surface area contributed by atoms with E-state index in [1.807, 2.05) is 54.7 Å². The van der Waals surface area contributed by atoms with E-state index in [4.69, 9.17) is 21.9 Å². The molecule has 0 aliphatic carbocycles. The molecule has 2 aromatic heterocycles. The van der Waals surface area contributed by atoms with Crippen molar-refractivity contribution in [2.75, 3.05) is 4.90 Å². The highest BCUT2D eigenvalue weighted by molar-refractivity contribution is 7.80. The first-order valence-electron chi connectivity index (χ1n) is 13.1. The third-order valence-electron chi connectivity index (χ3n) is 7.32. The zero-order valence-corrected chi connectivity index (χ0v) is 23.0. The van der Waals surface area contributed by atoms with Crippen LogP contribution in [0.2, 0.25) is 0 Å². The van der Waals surface area contributed by atoms with Crippen LogP contribution in [0.1, 0.15) is 40.2 Å². The number of anilines is 1. The van der Waals surface area contributed by atoms with Crippen LogP contribution in [0.3, 0.4) is 0 Å². The van der Waals surface area contributed by atoms with Gasteiger partial charge in [-0.25, -0.2) is 0 Å². The van der Waals surface area contributed by atoms with Crippen LogP contribution in [0.5, 0.6) is 11.5 Å². The van der Waals surface area contributed by atoms with Gasteiger partial charge in [-0.3, -0.25) is 4.98 Å². The maximum Gasteiger partial charge on any atom is 0.174 e. The summed E-state index contributed by atoms with van der Waals surface area (Å²) in [4.78, 5) is 6.89. The molecule has 1 aliphatic heterocycles. The van der Waals surface area contributed by atoms with Crippen molar-refractivity contribution in [3.05, 3.63) is 138 Å². The van der Waals surface area contributed by atoms with E-state index in [0.717, 1.165) is 34.3 Å². The Morgan fingerprint density at radius 3 is 2.18 bits per heavy atom. The predicted octanol–water partition coefficient (Wildman–Crippen LogP) is 7.77. The van der Waals surface area contributed by atoms with Gasteiger partial charge in [0, 0.05) is 29.5 Å². The van der Waals surface area contributed by atoms with Gasteiger partial charge in [-0.05, 0) is 117 Å². The van der Waals surface area contributed by atoms with E-state index in [2.05, 4.69) is 90.3 Å². The largest absolute Gasteiger partial charge is 0.457 e. The van der Waals surface area contributed by atoms with E-state index in [1.54, 1.807) is 0 Å². The van der Waals surface area contributed by atoms with Gasteiger partial charge in [-0.1, -0.05) is 29.8 Å². The molecular formula is C33H30N4OS. The first-order valence-corrected chi connectivity index (χ1v) is 13.5. The average molecular weight is 531 g/mol. The van der Waals surface area contributed by atoms with Crippen LogP contribution >= 0.6 is 12.2 Å². The molecule has 0 radical (unpaired) electrons. The van der Waals surface area contributed by atoms with E-state index in [-0.39, 0.29) is 12.1 Å². The Hall–Kier alpha value is -4.42. The number of thiocarbonyl (C=S) groups is 1. The standard InChI is InChI=1S/C33H30N4OS/c1-22-9-15-27(16-10-22)38-28-17-13-25(14-18-28)37-32(31(35-33(37)39)29-7-4-5-19-34-29)30-8-6-20-36(30)26-12-11-23(2)24(3)21-26/h4-21,31-32H,1-3H3,(H,35,39)/t31-,32+/m1/s1. The van der Waals surface area contributed by atoms with Gasteiger partial charge in [0.1, 0.15) is 17.5 Å². The number of aromatic nitrogens is 2. The molecule has 3 heterocycles. The van der Waals surface area contributed by atoms with Crippen molar-refractivity contribution >= 4 is 23.0 Å². The molecule has 0 bridgehead atoms. The van der Waals surface area contributed by atoms with Crippen LogP contribution in [-0.2, 0) is 0 Å². The second-order valence-corrected chi connectivity index (χ2v) is 10.4. The fraction of sp³-hybridized carbons (Fsp3) is 0.152. The molecule has 1 fully saturated rings. The predicted molar refractivity (Wildman–Crippen MR) is 161 cm³/mol. The lowest BCUT2D eigenvalue weighted by Crippen LogP contribution is -2.30. The number of nitrogens with zero attached hydrogens (tertiary/aromatic N) is 3. The molecule has 6 rings (SSSR count). The quantitative estimate of drug-likeness (QED) is 0.227. The Balaban J connectivity index is 1.39. The van der Waals surface area contributed by atoms with Gasteiger partial charge in [0.05, 0.1) is 11.7 Å². The van der Waals surface area contributed by atoms with Crippen LogP contribution in [0, 0.1) is 20.8 Å². The molecule has 1 N–H and O–H groups in total. The summed E-state index contributed by atoms with van der Waals surface area (Å²) in [5.74, 6) is 1.59. The molecule has 194 valence electrons. The highest BCUT2D eigenvalue weighted by Gasteiger charge is 2.42. The Morgan fingerprint density at radius 2 is 1.49 bits per heavy atom. The van der Waals surface area contributed by atoms with E-state index in [9.17, 15) is 0 Å². The van der Waals surface area contributed by atoms with Gasteiger partial charge in [-0.15, -0.1) is 0 Å². The van der Waals surface area contributed by atoms with Crippen LogP contribution < -0.4 is 15.0 Å². The van der Waals surface area contributed by atoms with Crippen molar-refractivity contribution in [1.82, 2.24) is 14.9 Å². The Morgan fingerprint density at radius 1 is 0.769 bits per heavy atom. The summed E-state index contributed by atoms with van der Waals surface area (Å²) in [6.07, 6.45) is 3.95. The molecule has 2 atom stereocenters. The second-order valence-electron chi connectivity index (χ2n) is 9.98.